The Kier molecular flexibility index (Phi) is 6.12. The number of piperazine rings is 1. The lowest BCUT2D eigenvalue weighted by Gasteiger charge is -2.34. The number of nitrogens with zero attached hydrogens (tertiary/aromatic N) is 6. The Morgan fingerprint density at radius 2 is 1.70 bits per heavy atom. The van der Waals surface area contributed by atoms with Crippen molar-refractivity contribution in [2.45, 2.75) is 19.5 Å². The summed E-state index contributed by atoms with van der Waals surface area (Å²) >= 11 is 0. The Morgan fingerprint density at radius 3 is 2.30 bits per heavy atom. The Bertz CT molecular complexity index is 1140. The zero-order valence-corrected chi connectivity index (χ0v) is 17.8. The zero-order chi connectivity index (χ0) is 23.6. The largest absolute Gasteiger partial charge is 0.417 e. The average molecular weight is 458 g/mol. The van der Waals surface area contributed by atoms with Crippen molar-refractivity contribution in [2.75, 3.05) is 26.2 Å². The molecule has 3 aromatic heterocycles. The van der Waals surface area contributed by atoms with Crippen LogP contribution in [0, 0.1) is 6.92 Å². The first-order chi connectivity index (χ1) is 15.7. The third-order valence-corrected chi connectivity index (χ3v) is 5.51. The van der Waals surface area contributed by atoms with Gasteiger partial charge in [-0.3, -0.25) is 14.6 Å². The quantitative estimate of drug-likeness (QED) is 0.600. The highest BCUT2D eigenvalue weighted by Crippen LogP contribution is 2.29. The zero-order valence-electron chi connectivity index (χ0n) is 17.8. The number of carbonyl (C=O) groups is 2. The third-order valence-electron chi connectivity index (χ3n) is 5.51. The maximum atomic E-state index is 13.0. The number of carbonyl (C=O) groups excluding carboxylic acids is 2. The molecule has 172 valence electrons. The molecule has 0 bridgehead atoms. The predicted molar refractivity (Wildman–Crippen MR) is 112 cm³/mol. The van der Waals surface area contributed by atoms with E-state index in [-0.39, 0.29) is 24.1 Å². The summed E-state index contributed by atoms with van der Waals surface area (Å²) < 4.78 is 39.6. The van der Waals surface area contributed by atoms with Crippen LogP contribution in [-0.2, 0) is 17.4 Å². The van der Waals surface area contributed by atoms with E-state index >= 15 is 0 Å². The van der Waals surface area contributed by atoms with Crippen molar-refractivity contribution in [1.29, 1.82) is 0 Å². The standard InChI is InChI=1S/C22H21F3N6O2/c1-15-18(14-28-31(15)19-6-5-16(13-27-19)22(23,24)25)21(33)30-10-8-29(9-11-30)20(32)12-17-4-2-3-7-26-17/h2-7,13-14H,8-12H2,1H3. The Labute approximate surface area is 187 Å². The van der Waals surface area contributed by atoms with Crippen molar-refractivity contribution >= 4 is 11.8 Å². The fourth-order valence-electron chi connectivity index (χ4n) is 3.63. The minimum atomic E-state index is -4.48. The number of alkyl halides is 3. The monoisotopic (exact) mass is 458 g/mol. The van der Waals surface area contributed by atoms with E-state index in [2.05, 4.69) is 15.1 Å². The lowest BCUT2D eigenvalue weighted by molar-refractivity contribution is -0.137. The van der Waals surface area contributed by atoms with Gasteiger partial charge >= 0.3 is 6.18 Å². The topological polar surface area (TPSA) is 84.2 Å². The first-order valence-electron chi connectivity index (χ1n) is 10.3. The van der Waals surface area contributed by atoms with E-state index < -0.39 is 11.7 Å². The van der Waals surface area contributed by atoms with Crippen molar-refractivity contribution in [3.05, 3.63) is 71.4 Å². The molecule has 0 spiro atoms. The van der Waals surface area contributed by atoms with Crippen molar-refractivity contribution < 1.29 is 22.8 Å². The van der Waals surface area contributed by atoms with Crippen LogP contribution < -0.4 is 0 Å². The van der Waals surface area contributed by atoms with Crippen LogP contribution in [0.25, 0.3) is 5.82 Å². The molecule has 0 aromatic carbocycles. The number of rotatable bonds is 4. The van der Waals surface area contributed by atoms with Gasteiger partial charge < -0.3 is 9.80 Å². The fraction of sp³-hybridized carbons (Fsp3) is 0.318. The fourth-order valence-corrected chi connectivity index (χ4v) is 3.63. The summed E-state index contributed by atoms with van der Waals surface area (Å²) in [7, 11) is 0. The Hall–Kier alpha value is -3.76. The molecule has 1 aliphatic rings. The van der Waals surface area contributed by atoms with Crippen LogP contribution >= 0.6 is 0 Å². The van der Waals surface area contributed by atoms with Gasteiger partial charge in [0.05, 0.1) is 29.4 Å². The number of hydrogen-bond acceptors (Lipinski definition) is 5. The van der Waals surface area contributed by atoms with Crippen LogP contribution in [0.5, 0.6) is 0 Å². The second-order valence-corrected chi connectivity index (χ2v) is 7.63. The van der Waals surface area contributed by atoms with Gasteiger partial charge in [-0.15, -0.1) is 0 Å². The summed E-state index contributed by atoms with van der Waals surface area (Å²) in [6, 6.07) is 7.55. The van der Waals surface area contributed by atoms with E-state index in [1.165, 1.54) is 16.9 Å². The summed E-state index contributed by atoms with van der Waals surface area (Å²) in [6.07, 6.45) is -0.509. The normalized spacial score (nSPS) is 14.4. The van der Waals surface area contributed by atoms with E-state index in [0.717, 1.165) is 12.3 Å². The van der Waals surface area contributed by atoms with Crippen LogP contribution in [0.1, 0.15) is 27.3 Å². The first-order valence-corrected chi connectivity index (χ1v) is 10.3. The van der Waals surface area contributed by atoms with Crippen LogP contribution in [0.4, 0.5) is 13.2 Å². The van der Waals surface area contributed by atoms with Crippen LogP contribution in [-0.4, -0.2) is 67.5 Å². The van der Waals surface area contributed by atoms with Gasteiger partial charge in [0, 0.05) is 44.3 Å². The molecule has 0 N–H and O–H groups in total. The molecule has 11 heteroatoms. The number of aromatic nitrogens is 4. The van der Waals surface area contributed by atoms with Gasteiger partial charge in [0.15, 0.2) is 5.82 Å². The van der Waals surface area contributed by atoms with Crippen molar-refractivity contribution in [2.24, 2.45) is 0 Å². The number of halogens is 3. The first kappa shape index (κ1) is 22.4. The third kappa shape index (κ3) is 4.86. The summed E-state index contributed by atoms with van der Waals surface area (Å²) in [6.45, 7) is 3.22. The minimum Gasteiger partial charge on any atom is -0.339 e. The molecule has 0 aliphatic carbocycles. The molecule has 0 atom stereocenters. The van der Waals surface area contributed by atoms with Gasteiger partial charge in [0.1, 0.15) is 0 Å². The lowest BCUT2D eigenvalue weighted by Crippen LogP contribution is -2.51. The highest BCUT2D eigenvalue weighted by Gasteiger charge is 2.31. The van der Waals surface area contributed by atoms with E-state index in [1.807, 2.05) is 6.07 Å². The van der Waals surface area contributed by atoms with Gasteiger partial charge in [0.25, 0.3) is 5.91 Å². The minimum absolute atomic E-state index is 0.0434. The summed E-state index contributed by atoms with van der Waals surface area (Å²) in [5.74, 6) is -0.106. The van der Waals surface area contributed by atoms with E-state index in [0.29, 0.717) is 43.1 Å². The van der Waals surface area contributed by atoms with Crippen LogP contribution in [0.15, 0.2) is 48.9 Å². The molecule has 4 heterocycles. The van der Waals surface area contributed by atoms with Crippen LogP contribution in [0.3, 0.4) is 0 Å². The van der Waals surface area contributed by atoms with Gasteiger partial charge in [-0.1, -0.05) is 6.07 Å². The van der Waals surface area contributed by atoms with Gasteiger partial charge in [-0.2, -0.15) is 18.3 Å². The number of hydrogen-bond donors (Lipinski definition) is 0. The van der Waals surface area contributed by atoms with Crippen molar-refractivity contribution in [3.8, 4) is 5.82 Å². The molecular weight excluding hydrogens is 437 g/mol. The lowest BCUT2D eigenvalue weighted by atomic mass is 10.2. The van der Waals surface area contributed by atoms with Gasteiger partial charge in [-0.05, 0) is 31.2 Å². The highest BCUT2D eigenvalue weighted by atomic mass is 19.4. The molecule has 3 aromatic rings. The SMILES string of the molecule is Cc1c(C(=O)N2CCN(C(=O)Cc3ccccn3)CC2)cnn1-c1ccc(C(F)(F)F)cn1. The Balaban J connectivity index is 1.39. The molecular formula is C22H21F3N6O2. The second kappa shape index (κ2) is 9.00. The van der Waals surface area contributed by atoms with E-state index in [1.54, 1.807) is 35.1 Å². The summed E-state index contributed by atoms with van der Waals surface area (Å²) in [4.78, 5) is 36.9. The summed E-state index contributed by atoms with van der Waals surface area (Å²) in [5.41, 5.74) is 0.648. The van der Waals surface area contributed by atoms with Crippen molar-refractivity contribution in [3.63, 3.8) is 0 Å². The second-order valence-electron chi connectivity index (χ2n) is 7.63. The van der Waals surface area contributed by atoms with Crippen LogP contribution in [0.2, 0.25) is 0 Å². The van der Waals surface area contributed by atoms with Gasteiger partial charge in [-0.25, -0.2) is 9.67 Å². The Morgan fingerprint density at radius 1 is 0.970 bits per heavy atom. The molecule has 33 heavy (non-hydrogen) atoms. The molecule has 8 nitrogen and oxygen atoms in total. The maximum Gasteiger partial charge on any atom is 0.417 e. The molecule has 4 rings (SSSR count). The van der Waals surface area contributed by atoms with Crippen molar-refractivity contribution in [1.82, 2.24) is 29.5 Å². The average Bonchev–Trinajstić information content (AvgIpc) is 3.20. The number of amides is 2. The highest BCUT2D eigenvalue weighted by molar-refractivity contribution is 5.95. The molecule has 0 saturated carbocycles. The molecule has 0 radical (unpaired) electrons. The molecule has 1 aliphatic heterocycles. The molecule has 2 amide bonds. The maximum absolute atomic E-state index is 13.0. The van der Waals surface area contributed by atoms with E-state index in [4.69, 9.17) is 0 Å². The molecule has 0 unspecified atom stereocenters. The summed E-state index contributed by atoms with van der Waals surface area (Å²) in [5, 5.41) is 4.14. The molecule has 1 fully saturated rings. The predicted octanol–water partition coefficient (Wildman–Crippen LogP) is 2.52. The molecule has 1 saturated heterocycles. The van der Waals surface area contributed by atoms with Gasteiger partial charge in [0.2, 0.25) is 5.91 Å². The van der Waals surface area contributed by atoms with E-state index in [9.17, 15) is 22.8 Å². The smallest absolute Gasteiger partial charge is 0.339 e. The number of pyridine rings is 2.